The molecule has 4 nitrogen and oxygen atoms in total. The highest BCUT2D eigenvalue weighted by atomic mass is 35.5. The molecule has 0 aromatic heterocycles. The molecule has 0 radical (unpaired) electrons. The normalized spacial score (nSPS) is 19.5. The lowest BCUT2D eigenvalue weighted by Gasteiger charge is -2.41. The highest BCUT2D eigenvalue weighted by molar-refractivity contribution is 6.32. The molecule has 1 unspecified atom stereocenters. The van der Waals surface area contributed by atoms with E-state index in [9.17, 15) is 0 Å². The number of piperazine rings is 1. The summed E-state index contributed by atoms with van der Waals surface area (Å²) in [7, 11) is 3.29. The lowest BCUT2D eigenvalue weighted by atomic mass is 9.85. The molecule has 0 amide bonds. The first-order valence-corrected chi connectivity index (χ1v) is 7.64. The molecule has 0 saturated carbocycles. The van der Waals surface area contributed by atoms with Crippen LogP contribution in [0.2, 0.25) is 5.02 Å². The smallest absolute Gasteiger partial charge is 0.145 e. The van der Waals surface area contributed by atoms with Crippen molar-refractivity contribution in [3.05, 3.63) is 17.2 Å². The fourth-order valence-corrected chi connectivity index (χ4v) is 2.88. The van der Waals surface area contributed by atoms with Crippen LogP contribution in [0.4, 0.5) is 5.69 Å². The molecule has 0 spiro atoms. The van der Waals surface area contributed by atoms with Crippen LogP contribution < -0.4 is 19.7 Å². The minimum absolute atomic E-state index is 0.210. The van der Waals surface area contributed by atoms with Crippen molar-refractivity contribution in [1.29, 1.82) is 0 Å². The fraction of sp³-hybridized carbons (Fsp3) is 0.625. The highest BCUT2D eigenvalue weighted by Gasteiger charge is 2.30. The lowest BCUT2D eigenvalue weighted by Crippen LogP contribution is -2.56. The molecule has 1 aromatic carbocycles. The van der Waals surface area contributed by atoms with Gasteiger partial charge in [0.05, 0.1) is 24.9 Å². The molecule has 1 aliphatic heterocycles. The Morgan fingerprint density at radius 1 is 1.19 bits per heavy atom. The third-order valence-electron chi connectivity index (χ3n) is 4.01. The number of anilines is 1. The van der Waals surface area contributed by atoms with E-state index in [2.05, 4.69) is 31.0 Å². The third kappa shape index (κ3) is 3.55. The van der Waals surface area contributed by atoms with Crippen molar-refractivity contribution in [2.24, 2.45) is 5.41 Å². The van der Waals surface area contributed by atoms with Crippen LogP contribution in [0.15, 0.2) is 12.1 Å². The molecular weight excluding hydrogens is 288 g/mol. The van der Waals surface area contributed by atoms with Gasteiger partial charge in [0.15, 0.2) is 0 Å². The quantitative estimate of drug-likeness (QED) is 0.929. The number of nitrogens with one attached hydrogen (secondary N) is 1. The number of ether oxygens (including phenoxy) is 2. The number of hydrogen-bond acceptors (Lipinski definition) is 4. The number of benzene rings is 1. The molecule has 0 bridgehead atoms. The van der Waals surface area contributed by atoms with E-state index in [1.54, 1.807) is 14.2 Å². The van der Waals surface area contributed by atoms with Crippen LogP contribution in [0.25, 0.3) is 0 Å². The van der Waals surface area contributed by atoms with E-state index in [-0.39, 0.29) is 5.41 Å². The van der Waals surface area contributed by atoms with Gasteiger partial charge in [-0.1, -0.05) is 32.4 Å². The van der Waals surface area contributed by atoms with E-state index < -0.39 is 0 Å². The maximum absolute atomic E-state index is 6.28. The van der Waals surface area contributed by atoms with E-state index in [0.29, 0.717) is 16.8 Å². The topological polar surface area (TPSA) is 33.7 Å². The molecule has 1 N–H and O–H groups in total. The van der Waals surface area contributed by atoms with E-state index in [4.69, 9.17) is 21.1 Å². The highest BCUT2D eigenvalue weighted by Crippen LogP contribution is 2.39. The number of rotatable bonds is 3. The largest absolute Gasteiger partial charge is 0.495 e. The molecule has 0 aliphatic carbocycles. The Morgan fingerprint density at radius 3 is 2.43 bits per heavy atom. The summed E-state index contributed by atoms with van der Waals surface area (Å²) in [5, 5.41) is 4.20. The van der Waals surface area contributed by atoms with Crippen LogP contribution in [0.5, 0.6) is 11.5 Å². The van der Waals surface area contributed by atoms with Crippen molar-refractivity contribution in [3.63, 3.8) is 0 Å². The van der Waals surface area contributed by atoms with Gasteiger partial charge in [-0.3, -0.25) is 0 Å². The molecule has 1 fully saturated rings. The van der Waals surface area contributed by atoms with Gasteiger partial charge in [0.2, 0.25) is 0 Å². The molecule has 1 heterocycles. The van der Waals surface area contributed by atoms with Gasteiger partial charge in [0.1, 0.15) is 11.5 Å². The Kier molecular flexibility index (Phi) is 4.89. The second-order valence-corrected chi connectivity index (χ2v) is 6.88. The van der Waals surface area contributed by atoms with Gasteiger partial charge in [-0.15, -0.1) is 0 Å². The zero-order chi connectivity index (χ0) is 15.6. The summed E-state index contributed by atoms with van der Waals surface area (Å²) in [5.74, 6) is 1.44. The summed E-state index contributed by atoms with van der Waals surface area (Å²) in [6, 6.07) is 4.22. The van der Waals surface area contributed by atoms with Crippen LogP contribution in [-0.4, -0.2) is 39.9 Å². The average molecular weight is 313 g/mol. The molecular formula is C16H25ClN2O2. The average Bonchev–Trinajstić information content (AvgIpc) is 2.46. The van der Waals surface area contributed by atoms with Gasteiger partial charge in [0, 0.05) is 31.7 Å². The first-order chi connectivity index (χ1) is 9.86. The van der Waals surface area contributed by atoms with Crippen molar-refractivity contribution in [2.75, 3.05) is 38.8 Å². The molecule has 2 rings (SSSR count). The van der Waals surface area contributed by atoms with Crippen molar-refractivity contribution < 1.29 is 9.47 Å². The van der Waals surface area contributed by atoms with E-state index >= 15 is 0 Å². The maximum Gasteiger partial charge on any atom is 0.145 e. The lowest BCUT2D eigenvalue weighted by molar-refractivity contribution is 0.253. The van der Waals surface area contributed by atoms with Gasteiger partial charge < -0.3 is 19.7 Å². The van der Waals surface area contributed by atoms with Gasteiger partial charge in [-0.2, -0.15) is 0 Å². The second-order valence-electron chi connectivity index (χ2n) is 6.48. The minimum atomic E-state index is 0.210. The summed E-state index contributed by atoms with van der Waals surface area (Å²) in [4.78, 5) is 2.33. The summed E-state index contributed by atoms with van der Waals surface area (Å²) >= 11 is 6.28. The summed E-state index contributed by atoms with van der Waals surface area (Å²) in [6.45, 7) is 9.59. The maximum atomic E-state index is 6.28. The van der Waals surface area contributed by atoms with Gasteiger partial charge in [0.25, 0.3) is 0 Å². The molecule has 1 saturated heterocycles. The summed E-state index contributed by atoms with van der Waals surface area (Å²) < 4.78 is 10.8. The van der Waals surface area contributed by atoms with Crippen molar-refractivity contribution in [3.8, 4) is 11.5 Å². The van der Waals surface area contributed by atoms with Crippen LogP contribution in [0.1, 0.15) is 20.8 Å². The first kappa shape index (κ1) is 16.2. The predicted molar refractivity (Wildman–Crippen MR) is 88.0 cm³/mol. The SMILES string of the molecule is COc1cc(OC)c(N2CCNC(C(C)(C)C)C2)cc1Cl. The number of halogens is 1. The standard InChI is InChI=1S/C16H25ClN2O2/c1-16(2,3)15-10-19(7-6-18-15)12-8-11(17)13(20-4)9-14(12)21-5/h8-9,15,18H,6-7,10H2,1-5H3. The number of methoxy groups -OCH3 is 2. The molecule has 21 heavy (non-hydrogen) atoms. The molecule has 5 heteroatoms. The summed E-state index contributed by atoms with van der Waals surface area (Å²) in [5.41, 5.74) is 1.24. The van der Waals surface area contributed by atoms with Crippen LogP contribution >= 0.6 is 11.6 Å². The van der Waals surface area contributed by atoms with Gasteiger partial charge >= 0.3 is 0 Å². The zero-order valence-electron chi connectivity index (χ0n) is 13.5. The van der Waals surface area contributed by atoms with Crippen LogP contribution in [0.3, 0.4) is 0 Å². The molecule has 1 aliphatic rings. The molecule has 1 atom stereocenters. The van der Waals surface area contributed by atoms with Crippen LogP contribution in [-0.2, 0) is 0 Å². The Morgan fingerprint density at radius 2 is 1.86 bits per heavy atom. The monoisotopic (exact) mass is 312 g/mol. The van der Waals surface area contributed by atoms with Gasteiger partial charge in [-0.05, 0) is 11.5 Å². The van der Waals surface area contributed by atoms with Gasteiger partial charge in [-0.25, -0.2) is 0 Å². The Hall–Kier alpha value is -1.13. The third-order valence-corrected chi connectivity index (χ3v) is 4.31. The van der Waals surface area contributed by atoms with Crippen LogP contribution in [0, 0.1) is 5.41 Å². The van der Waals surface area contributed by atoms with E-state index in [0.717, 1.165) is 31.1 Å². The predicted octanol–water partition coefficient (Wildman–Crippen LogP) is 3.18. The number of hydrogen-bond donors (Lipinski definition) is 1. The zero-order valence-corrected chi connectivity index (χ0v) is 14.3. The Labute approximate surface area is 132 Å². The molecule has 118 valence electrons. The van der Waals surface area contributed by atoms with E-state index in [1.807, 2.05) is 12.1 Å². The first-order valence-electron chi connectivity index (χ1n) is 7.26. The van der Waals surface area contributed by atoms with Crippen molar-refractivity contribution in [2.45, 2.75) is 26.8 Å². The van der Waals surface area contributed by atoms with Crippen molar-refractivity contribution in [1.82, 2.24) is 5.32 Å². The van der Waals surface area contributed by atoms with E-state index in [1.165, 1.54) is 0 Å². The fourth-order valence-electron chi connectivity index (χ4n) is 2.64. The minimum Gasteiger partial charge on any atom is -0.495 e. The van der Waals surface area contributed by atoms with Crippen molar-refractivity contribution >= 4 is 17.3 Å². The second kappa shape index (κ2) is 6.32. The Bertz CT molecular complexity index is 500. The Balaban J connectivity index is 2.30. The summed E-state index contributed by atoms with van der Waals surface area (Å²) in [6.07, 6.45) is 0. The molecule has 1 aromatic rings. The number of nitrogens with zero attached hydrogens (tertiary/aromatic N) is 1.